The first-order valence-corrected chi connectivity index (χ1v) is 9.15. The van der Waals surface area contributed by atoms with E-state index in [1.165, 1.54) is 6.07 Å². The molecule has 0 aliphatic carbocycles. The van der Waals surface area contributed by atoms with E-state index in [1.54, 1.807) is 18.5 Å². The first kappa shape index (κ1) is 17.2. The van der Waals surface area contributed by atoms with Crippen molar-refractivity contribution in [1.29, 1.82) is 0 Å². The molecule has 2 aromatic rings. The van der Waals surface area contributed by atoms with E-state index in [9.17, 15) is 4.39 Å². The molecule has 2 aliphatic heterocycles. The first-order chi connectivity index (χ1) is 12.8. The predicted octanol–water partition coefficient (Wildman–Crippen LogP) is 1.47. The van der Waals surface area contributed by atoms with Gasteiger partial charge in [-0.1, -0.05) is 6.07 Å². The lowest BCUT2D eigenvalue weighted by atomic mass is 10.1. The summed E-state index contributed by atoms with van der Waals surface area (Å²) >= 11 is 0. The molecule has 2 fully saturated rings. The maximum Gasteiger partial charge on any atom is 0.132 e. The van der Waals surface area contributed by atoms with E-state index in [0.29, 0.717) is 0 Å². The monoisotopic (exact) mass is 357 g/mol. The zero-order valence-electron chi connectivity index (χ0n) is 14.8. The third-order valence-corrected chi connectivity index (χ3v) is 4.93. The Morgan fingerprint density at radius 3 is 2.85 bits per heavy atom. The van der Waals surface area contributed by atoms with Crippen LogP contribution in [0.15, 0.2) is 36.7 Å². The second-order valence-electron chi connectivity index (χ2n) is 6.75. The molecule has 2 aliphatic rings. The van der Waals surface area contributed by atoms with Gasteiger partial charge in [-0.15, -0.1) is 0 Å². The lowest BCUT2D eigenvalue weighted by Crippen LogP contribution is -2.51. The quantitative estimate of drug-likeness (QED) is 0.894. The minimum absolute atomic E-state index is 0.191. The predicted molar refractivity (Wildman–Crippen MR) is 99.2 cm³/mol. The van der Waals surface area contributed by atoms with Crippen LogP contribution in [-0.4, -0.2) is 61.9 Å². The van der Waals surface area contributed by atoms with Gasteiger partial charge >= 0.3 is 0 Å². The number of halogens is 1. The highest BCUT2D eigenvalue weighted by Gasteiger charge is 2.21. The molecule has 2 saturated heterocycles. The fourth-order valence-electron chi connectivity index (χ4n) is 3.58. The van der Waals surface area contributed by atoms with Crippen molar-refractivity contribution in [3.8, 4) is 0 Å². The van der Waals surface area contributed by atoms with Crippen LogP contribution in [0, 0.1) is 5.82 Å². The standard InChI is InChI=1S/C19H24FN5O/c20-15-2-1-3-18(10-15)25-5-4-21-17(13-25)11-16-12-19(23-14-22-16)24-6-8-26-9-7-24/h1-3,10,12,14,17,21H,4-9,11,13H2. The Kier molecular flexibility index (Phi) is 5.26. The Labute approximate surface area is 153 Å². The summed E-state index contributed by atoms with van der Waals surface area (Å²) < 4.78 is 18.9. The number of nitrogens with one attached hydrogen (secondary N) is 1. The molecule has 7 heteroatoms. The molecule has 0 amide bonds. The van der Waals surface area contributed by atoms with Crippen LogP contribution in [0.25, 0.3) is 0 Å². The molecule has 1 unspecified atom stereocenters. The molecule has 4 rings (SSSR count). The average molecular weight is 357 g/mol. The average Bonchev–Trinajstić information content (AvgIpc) is 2.69. The van der Waals surface area contributed by atoms with Crippen molar-refractivity contribution in [3.63, 3.8) is 0 Å². The van der Waals surface area contributed by atoms with Gasteiger partial charge in [0.2, 0.25) is 0 Å². The Balaban J connectivity index is 1.42. The van der Waals surface area contributed by atoms with Gasteiger partial charge in [-0.25, -0.2) is 14.4 Å². The summed E-state index contributed by atoms with van der Waals surface area (Å²) in [6, 6.07) is 9.17. The Bertz CT molecular complexity index is 737. The number of aromatic nitrogens is 2. The molecule has 0 saturated carbocycles. The Hall–Kier alpha value is -2.25. The summed E-state index contributed by atoms with van der Waals surface area (Å²) in [5.41, 5.74) is 1.97. The summed E-state index contributed by atoms with van der Waals surface area (Å²) in [6.07, 6.45) is 2.47. The zero-order valence-corrected chi connectivity index (χ0v) is 14.8. The Morgan fingerprint density at radius 1 is 1.12 bits per heavy atom. The molecule has 1 aromatic carbocycles. The van der Waals surface area contributed by atoms with E-state index in [1.807, 2.05) is 6.07 Å². The largest absolute Gasteiger partial charge is 0.378 e. The highest BCUT2D eigenvalue weighted by molar-refractivity contribution is 5.47. The summed E-state index contributed by atoms with van der Waals surface area (Å²) in [5.74, 6) is 0.777. The minimum atomic E-state index is -0.191. The van der Waals surface area contributed by atoms with Crippen molar-refractivity contribution in [1.82, 2.24) is 15.3 Å². The maximum atomic E-state index is 13.5. The highest BCUT2D eigenvalue weighted by atomic mass is 19.1. The van der Waals surface area contributed by atoms with Crippen molar-refractivity contribution in [2.45, 2.75) is 12.5 Å². The van der Waals surface area contributed by atoms with Gasteiger partial charge in [-0.2, -0.15) is 0 Å². The first-order valence-electron chi connectivity index (χ1n) is 9.15. The van der Waals surface area contributed by atoms with E-state index in [4.69, 9.17) is 4.74 Å². The van der Waals surface area contributed by atoms with Crippen LogP contribution >= 0.6 is 0 Å². The van der Waals surface area contributed by atoms with Crippen LogP contribution in [0.2, 0.25) is 0 Å². The van der Waals surface area contributed by atoms with Gasteiger partial charge in [-0.05, 0) is 18.2 Å². The highest BCUT2D eigenvalue weighted by Crippen LogP contribution is 2.19. The van der Waals surface area contributed by atoms with E-state index < -0.39 is 0 Å². The van der Waals surface area contributed by atoms with E-state index in [0.717, 1.165) is 69.6 Å². The third-order valence-electron chi connectivity index (χ3n) is 4.93. The number of benzene rings is 1. The molecule has 0 spiro atoms. The number of ether oxygens (including phenoxy) is 1. The van der Waals surface area contributed by atoms with Gasteiger partial charge in [-0.3, -0.25) is 0 Å². The van der Waals surface area contributed by atoms with Crippen molar-refractivity contribution in [3.05, 3.63) is 48.2 Å². The number of hydrogen-bond donors (Lipinski definition) is 1. The van der Waals surface area contributed by atoms with Crippen LogP contribution in [0.1, 0.15) is 5.69 Å². The SMILES string of the molecule is Fc1cccc(N2CCNC(Cc3cc(N4CCOCC4)ncn3)C2)c1. The van der Waals surface area contributed by atoms with Gasteiger partial charge in [0.15, 0.2) is 0 Å². The summed E-state index contributed by atoms with van der Waals surface area (Å²) in [4.78, 5) is 13.3. The fourth-order valence-corrected chi connectivity index (χ4v) is 3.58. The van der Waals surface area contributed by atoms with E-state index in [2.05, 4.69) is 31.2 Å². The van der Waals surface area contributed by atoms with Crippen molar-refractivity contribution < 1.29 is 9.13 Å². The van der Waals surface area contributed by atoms with Gasteiger partial charge < -0.3 is 19.9 Å². The molecule has 0 bridgehead atoms. The maximum absolute atomic E-state index is 13.5. The number of anilines is 2. The number of rotatable bonds is 4. The summed E-state index contributed by atoms with van der Waals surface area (Å²) in [5, 5.41) is 3.55. The van der Waals surface area contributed by atoms with Crippen molar-refractivity contribution in [2.75, 3.05) is 55.7 Å². The fraction of sp³-hybridized carbons (Fsp3) is 0.474. The second-order valence-corrected chi connectivity index (χ2v) is 6.75. The minimum Gasteiger partial charge on any atom is -0.378 e. The lowest BCUT2D eigenvalue weighted by Gasteiger charge is -2.35. The van der Waals surface area contributed by atoms with Gasteiger partial charge in [0.25, 0.3) is 0 Å². The normalized spacial score (nSPS) is 21.0. The molecule has 1 N–H and O–H groups in total. The number of piperazine rings is 1. The van der Waals surface area contributed by atoms with Gasteiger partial charge in [0.1, 0.15) is 18.0 Å². The topological polar surface area (TPSA) is 53.5 Å². The van der Waals surface area contributed by atoms with Gasteiger partial charge in [0.05, 0.1) is 13.2 Å². The molecular formula is C19H24FN5O. The smallest absolute Gasteiger partial charge is 0.132 e. The van der Waals surface area contributed by atoms with E-state index in [-0.39, 0.29) is 11.9 Å². The summed E-state index contributed by atoms with van der Waals surface area (Å²) in [7, 11) is 0. The van der Waals surface area contributed by atoms with E-state index >= 15 is 0 Å². The molecule has 0 radical (unpaired) electrons. The number of hydrogen-bond acceptors (Lipinski definition) is 6. The lowest BCUT2D eigenvalue weighted by molar-refractivity contribution is 0.122. The molecule has 1 aromatic heterocycles. The third kappa shape index (κ3) is 4.11. The molecule has 138 valence electrons. The van der Waals surface area contributed by atoms with Crippen LogP contribution in [0.5, 0.6) is 0 Å². The van der Waals surface area contributed by atoms with Crippen LogP contribution in [0.4, 0.5) is 15.9 Å². The molecule has 6 nitrogen and oxygen atoms in total. The molecule has 26 heavy (non-hydrogen) atoms. The van der Waals surface area contributed by atoms with Gasteiger partial charge in [0, 0.05) is 62.6 Å². The zero-order chi connectivity index (χ0) is 17.8. The summed E-state index contributed by atoms with van der Waals surface area (Å²) in [6.45, 7) is 5.81. The van der Waals surface area contributed by atoms with Crippen molar-refractivity contribution >= 4 is 11.5 Å². The van der Waals surface area contributed by atoms with Crippen molar-refractivity contribution in [2.24, 2.45) is 0 Å². The molecular weight excluding hydrogens is 333 g/mol. The Morgan fingerprint density at radius 2 is 2.00 bits per heavy atom. The van der Waals surface area contributed by atoms with Crippen LogP contribution in [-0.2, 0) is 11.2 Å². The van der Waals surface area contributed by atoms with Crippen LogP contribution in [0.3, 0.4) is 0 Å². The second kappa shape index (κ2) is 7.97. The molecule has 1 atom stereocenters. The number of morpholine rings is 1. The number of nitrogens with zero attached hydrogens (tertiary/aromatic N) is 4. The van der Waals surface area contributed by atoms with Crippen LogP contribution < -0.4 is 15.1 Å². The molecule has 3 heterocycles.